The maximum atomic E-state index is 4.23. The van der Waals surface area contributed by atoms with Gasteiger partial charge in [0.2, 0.25) is 0 Å². The van der Waals surface area contributed by atoms with E-state index in [1.165, 1.54) is 51.5 Å². The fraction of sp³-hybridized carbons (Fsp3) is 0.739. The molecule has 0 spiro atoms. The summed E-state index contributed by atoms with van der Waals surface area (Å²) < 4.78 is 0. The Bertz CT molecular complexity index is 571. The zero-order valence-corrected chi connectivity index (χ0v) is 15.9. The third-order valence-corrected chi connectivity index (χ3v) is 8.33. The van der Waals surface area contributed by atoms with Crippen molar-refractivity contribution in [2.45, 2.75) is 51.9 Å². The van der Waals surface area contributed by atoms with Crippen molar-refractivity contribution >= 4 is 0 Å². The van der Waals surface area contributed by atoms with Crippen molar-refractivity contribution in [2.24, 2.45) is 34.5 Å². The predicted molar refractivity (Wildman–Crippen MR) is 103 cm³/mol. The average molecular weight is 326 g/mol. The number of allylic oxidation sites excluding steroid dienone is 5. The van der Waals surface area contributed by atoms with E-state index in [1.54, 1.807) is 5.57 Å². The molecule has 4 rings (SSSR count). The number of rotatable bonds is 3. The lowest BCUT2D eigenvalue weighted by atomic mass is 9.47. The predicted octanol–water partition coefficient (Wildman–Crippen LogP) is 5.46. The highest BCUT2D eigenvalue weighted by atomic mass is 15.1. The van der Waals surface area contributed by atoms with E-state index in [4.69, 9.17) is 0 Å². The Morgan fingerprint density at radius 2 is 2.04 bits per heavy atom. The molecular formula is C23H35N. The van der Waals surface area contributed by atoms with Gasteiger partial charge < -0.3 is 4.90 Å². The standard InChI is InChI=1S/C23H35N/c1-5-17-10-12-21-19-11-9-18-8-6-7-14-22(18,2)20(19)13-15-23(17,21)16-24(3)4/h5-6,8-9,17,19-21H,1,7,10-16H2,2-4H3/t17-,19+,20?,21?,22-,23-/m0/s1. The summed E-state index contributed by atoms with van der Waals surface area (Å²) in [7, 11) is 4.53. The van der Waals surface area contributed by atoms with Gasteiger partial charge >= 0.3 is 0 Å². The number of fused-ring (bicyclic) bond motifs is 5. The van der Waals surface area contributed by atoms with E-state index in [0.29, 0.717) is 10.8 Å². The van der Waals surface area contributed by atoms with E-state index in [-0.39, 0.29) is 0 Å². The summed E-state index contributed by atoms with van der Waals surface area (Å²) in [6, 6.07) is 0. The Kier molecular flexibility index (Phi) is 4.07. The molecule has 4 aliphatic rings. The first-order valence-corrected chi connectivity index (χ1v) is 10.2. The van der Waals surface area contributed by atoms with Crippen molar-refractivity contribution in [1.29, 1.82) is 0 Å². The molecule has 0 heterocycles. The van der Waals surface area contributed by atoms with E-state index in [2.05, 4.69) is 56.8 Å². The highest BCUT2D eigenvalue weighted by molar-refractivity contribution is 5.34. The fourth-order valence-electron chi connectivity index (χ4n) is 7.41. The number of hydrogen-bond donors (Lipinski definition) is 0. The molecule has 132 valence electrons. The van der Waals surface area contributed by atoms with Crippen LogP contribution < -0.4 is 0 Å². The lowest BCUT2D eigenvalue weighted by molar-refractivity contribution is -0.0493. The van der Waals surface area contributed by atoms with Crippen LogP contribution in [-0.2, 0) is 0 Å². The van der Waals surface area contributed by atoms with Crippen LogP contribution in [-0.4, -0.2) is 25.5 Å². The molecule has 24 heavy (non-hydrogen) atoms. The van der Waals surface area contributed by atoms with Gasteiger partial charge in [-0.25, -0.2) is 0 Å². The minimum Gasteiger partial charge on any atom is -0.309 e. The highest BCUT2D eigenvalue weighted by Crippen LogP contribution is 2.66. The molecule has 0 amide bonds. The van der Waals surface area contributed by atoms with Gasteiger partial charge in [0.05, 0.1) is 0 Å². The topological polar surface area (TPSA) is 3.24 Å². The van der Waals surface area contributed by atoms with Crippen LogP contribution in [0.3, 0.4) is 0 Å². The Morgan fingerprint density at radius 1 is 1.21 bits per heavy atom. The minimum atomic E-state index is 0.453. The zero-order valence-electron chi connectivity index (χ0n) is 15.9. The second-order valence-electron chi connectivity index (χ2n) is 9.56. The van der Waals surface area contributed by atoms with E-state index in [1.807, 2.05) is 0 Å². The second-order valence-corrected chi connectivity index (χ2v) is 9.56. The third kappa shape index (κ3) is 2.23. The van der Waals surface area contributed by atoms with Crippen molar-refractivity contribution < 1.29 is 0 Å². The summed E-state index contributed by atoms with van der Waals surface area (Å²) in [6.07, 6.45) is 19.4. The first-order chi connectivity index (χ1) is 11.5. The summed E-state index contributed by atoms with van der Waals surface area (Å²) in [4.78, 5) is 2.45. The highest BCUT2D eigenvalue weighted by Gasteiger charge is 2.59. The van der Waals surface area contributed by atoms with Gasteiger partial charge in [0.25, 0.3) is 0 Å². The van der Waals surface area contributed by atoms with Gasteiger partial charge in [-0.15, -0.1) is 6.58 Å². The van der Waals surface area contributed by atoms with Crippen molar-refractivity contribution in [1.82, 2.24) is 4.90 Å². The monoisotopic (exact) mass is 325 g/mol. The molecule has 0 radical (unpaired) electrons. The Labute approximate surface area is 148 Å². The van der Waals surface area contributed by atoms with E-state index < -0.39 is 0 Å². The molecule has 0 N–H and O–H groups in total. The summed E-state index contributed by atoms with van der Waals surface area (Å²) in [5, 5.41) is 0. The van der Waals surface area contributed by atoms with E-state index in [0.717, 1.165) is 23.7 Å². The Morgan fingerprint density at radius 3 is 2.79 bits per heavy atom. The van der Waals surface area contributed by atoms with Gasteiger partial charge in [-0.1, -0.05) is 31.2 Å². The molecule has 2 fully saturated rings. The average Bonchev–Trinajstić information content (AvgIpc) is 2.91. The molecule has 1 heteroatoms. The Hall–Kier alpha value is -0.820. The van der Waals surface area contributed by atoms with Crippen molar-refractivity contribution in [3.05, 3.63) is 36.5 Å². The molecular weight excluding hydrogens is 290 g/mol. The first kappa shape index (κ1) is 16.6. The number of hydrogen-bond acceptors (Lipinski definition) is 1. The molecule has 0 aliphatic heterocycles. The van der Waals surface area contributed by atoms with Crippen LogP contribution in [0.15, 0.2) is 36.5 Å². The second kappa shape index (κ2) is 5.87. The maximum Gasteiger partial charge on any atom is 0.00403 e. The van der Waals surface area contributed by atoms with Gasteiger partial charge in [0.1, 0.15) is 0 Å². The van der Waals surface area contributed by atoms with E-state index in [9.17, 15) is 0 Å². The normalized spacial score (nSPS) is 46.9. The van der Waals surface area contributed by atoms with Crippen LogP contribution in [0.2, 0.25) is 0 Å². The van der Waals surface area contributed by atoms with Crippen molar-refractivity contribution in [3.63, 3.8) is 0 Å². The Balaban J connectivity index is 1.70. The third-order valence-electron chi connectivity index (χ3n) is 8.33. The number of nitrogens with zero attached hydrogens (tertiary/aromatic N) is 1. The van der Waals surface area contributed by atoms with Gasteiger partial charge in [-0.2, -0.15) is 0 Å². The molecule has 6 atom stereocenters. The van der Waals surface area contributed by atoms with Gasteiger partial charge in [0.15, 0.2) is 0 Å². The minimum absolute atomic E-state index is 0.453. The summed E-state index contributed by atoms with van der Waals surface area (Å²) in [5.41, 5.74) is 2.61. The van der Waals surface area contributed by atoms with Crippen LogP contribution >= 0.6 is 0 Å². The molecule has 1 nitrogen and oxygen atoms in total. The molecule has 2 saturated carbocycles. The van der Waals surface area contributed by atoms with Crippen LogP contribution in [0.25, 0.3) is 0 Å². The van der Waals surface area contributed by atoms with Crippen molar-refractivity contribution in [3.8, 4) is 0 Å². The van der Waals surface area contributed by atoms with Gasteiger partial charge in [-0.3, -0.25) is 0 Å². The molecule has 2 unspecified atom stereocenters. The fourth-order valence-corrected chi connectivity index (χ4v) is 7.41. The first-order valence-electron chi connectivity index (χ1n) is 10.2. The zero-order chi connectivity index (χ0) is 16.9. The van der Waals surface area contributed by atoms with Crippen LogP contribution in [0.4, 0.5) is 0 Å². The molecule has 0 saturated heterocycles. The molecule has 0 aromatic carbocycles. The van der Waals surface area contributed by atoms with Crippen LogP contribution in [0, 0.1) is 34.5 Å². The van der Waals surface area contributed by atoms with E-state index >= 15 is 0 Å². The lowest BCUT2D eigenvalue weighted by Crippen LogP contribution is -2.52. The quantitative estimate of drug-likeness (QED) is 0.623. The molecule has 0 aromatic heterocycles. The van der Waals surface area contributed by atoms with Crippen LogP contribution in [0.5, 0.6) is 0 Å². The maximum absolute atomic E-state index is 4.23. The van der Waals surface area contributed by atoms with Crippen LogP contribution in [0.1, 0.15) is 51.9 Å². The molecule has 4 aliphatic carbocycles. The van der Waals surface area contributed by atoms with Gasteiger partial charge in [-0.05, 0) is 99.1 Å². The lowest BCUT2D eigenvalue weighted by Gasteiger charge is -2.58. The summed E-state index contributed by atoms with van der Waals surface area (Å²) in [6.45, 7) is 8.07. The largest absolute Gasteiger partial charge is 0.309 e. The summed E-state index contributed by atoms with van der Waals surface area (Å²) in [5.74, 6) is 3.45. The molecule has 0 aromatic rings. The molecule has 0 bridgehead atoms. The summed E-state index contributed by atoms with van der Waals surface area (Å²) >= 11 is 0. The van der Waals surface area contributed by atoms with Gasteiger partial charge in [0, 0.05) is 6.54 Å². The smallest absolute Gasteiger partial charge is 0.00403 e. The SMILES string of the molecule is C=C[C@H]1CCC2[C@@H]3CC=C4C=CCC[C@]4(C)C3CC[C@@]21CN(C)C. The van der Waals surface area contributed by atoms with Crippen molar-refractivity contribution in [2.75, 3.05) is 20.6 Å².